The number of carbonyl (C=O) groups excluding carboxylic acids is 1. The summed E-state index contributed by atoms with van der Waals surface area (Å²) in [6, 6.07) is 4.24. The van der Waals surface area contributed by atoms with Crippen LogP contribution in [0.4, 0.5) is 4.39 Å². The van der Waals surface area contributed by atoms with Crippen LogP contribution >= 0.6 is 0 Å². The normalized spacial score (nSPS) is 14.1. The van der Waals surface area contributed by atoms with E-state index in [2.05, 4.69) is 0 Å². The first kappa shape index (κ1) is 7.98. The maximum Gasteiger partial charge on any atom is 0.149 e. The summed E-state index contributed by atoms with van der Waals surface area (Å²) in [6.07, 6.45) is 2.44. The van der Waals surface area contributed by atoms with E-state index in [1.54, 1.807) is 12.1 Å². The minimum absolute atomic E-state index is 0.222. The topological polar surface area (TPSA) is 26.3 Å². The Morgan fingerprint density at radius 1 is 1.46 bits per heavy atom. The van der Waals surface area contributed by atoms with Crippen LogP contribution in [-0.2, 0) is 4.79 Å². The fraction of sp³-hybridized carbons (Fsp3) is 0.100. The fourth-order valence-corrected chi connectivity index (χ4v) is 1.22. The first-order chi connectivity index (χ1) is 6.29. The van der Waals surface area contributed by atoms with Gasteiger partial charge in [0.05, 0.1) is 0 Å². The van der Waals surface area contributed by atoms with Crippen LogP contribution in [0.15, 0.2) is 23.8 Å². The van der Waals surface area contributed by atoms with Crippen LogP contribution in [0.1, 0.15) is 5.56 Å². The molecular weight excluding hydrogens is 171 g/mol. The molecule has 0 N–H and O–H groups in total. The minimum atomic E-state index is -0.332. The Morgan fingerprint density at radius 2 is 2.31 bits per heavy atom. The molecule has 0 atom stereocenters. The van der Waals surface area contributed by atoms with Crippen molar-refractivity contribution in [2.45, 2.75) is 0 Å². The van der Waals surface area contributed by atoms with Crippen molar-refractivity contribution in [1.29, 1.82) is 0 Å². The molecule has 2 nitrogen and oxygen atoms in total. The van der Waals surface area contributed by atoms with Gasteiger partial charge in [-0.3, -0.25) is 4.79 Å². The third kappa shape index (κ3) is 1.45. The van der Waals surface area contributed by atoms with Gasteiger partial charge >= 0.3 is 0 Å². The zero-order valence-corrected chi connectivity index (χ0v) is 6.79. The molecule has 13 heavy (non-hydrogen) atoms. The molecule has 0 spiro atoms. The van der Waals surface area contributed by atoms with E-state index in [4.69, 9.17) is 4.74 Å². The third-order valence-electron chi connectivity index (χ3n) is 1.86. The molecule has 2 rings (SSSR count). The number of ether oxygens (including phenoxy) is 1. The van der Waals surface area contributed by atoms with Crippen LogP contribution < -0.4 is 4.74 Å². The highest BCUT2D eigenvalue weighted by molar-refractivity contribution is 5.84. The van der Waals surface area contributed by atoms with Crippen molar-refractivity contribution in [3.8, 4) is 5.75 Å². The number of rotatable bonds is 1. The summed E-state index contributed by atoms with van der Waals surface area (Å²) in [7, 11) is 0. The molecule has 1 aromatic carbocycles. The molecule has 1 aromatic rings. The highest BCUT2D eigenvalue weighted by atomic mass is 19.1. The lowest BCUT2D eigenvalue weighted by Gasteiger charge is -2.14. The SMILES string of the molecule is O=CC1=Cc2ccc(F)cc2OC1. The van der Waals surface area contributed by atoms with Crippen LogP contribution in [0.25, 0.3) is 6.08 Å². The summed E-state index contributed by atoms with van der Waals surface area (Å²) in [4.78, 5) is 10.4. The molecule has 0 aliphatic carbocycles. The van der Waals surface area contributed by atoms with E-state index in [1.807, 2.05) is 0 Å². The summed E-state index contributed by atoms with van der Waals surface area (Å²) >= 11 is 0. The third-order valence-corrected chi connectivity index (χ3v) is 1.86. The van der Waals surface area contributed by atoms with Crippen LogP contribution in [0.5, 0.6) is 5.75 Å². The standard InChI is InChI=1S/C10H7FO2/c11-9-2-1-8-3-7(5-12)6-13-10(8)4-9/h1-5H,6H2. The van der Waals surface area contributed by atoms with Crippen molar-refractivity contribution in [2.24, 2.45) is 0 Å². The van der Waals surface area contributed by atoms with E-state index in [0.29, 0.717) is 11.3 Å². The Balaban J connectivity index is 2.48. The molecule has 1 heterocycles. The van der Waals surface area contributed by atoms with Crippen LogP contribution in [0, 0.1) is 5.82 Å². The van der Waals surface area contributed by atoms with E-state index in [1.165, 1.54) is 12.1 Å². The molecule has 0 aromatic heterocycles. The van der Waals surface area contributed by atoms with E-state index >= 15 is 0 Å². The van der Waals surface area contributed by atoms with Crippen molar-refractivity contribution in [3.05, 3.63) is 35.2 Å². The Morgan fingerprint density at radius 3 is 3.08 bits per heavy atom. The molecule has 0 fully saturated rings. The number of aldehydes is 1. The van der Waals surface area contributed by atoms with Crippen LogP contribution in [0.3, 0.4) is 0 Å². The zero-order valence-electron chi connectivity index (χ0n) is 6.79. The lowest BCUT2D eigenvalue weighted by atomic mass is 10.1. The van der Waals surface area contributed by atoms with Gasteiger partial charge in [-0.25, -0.2) is 4.39 Å². The van der Waals surface area contributed by atoms with Crippen molar-refractivity contribution in [2.75, 3.05) is 6.61 Å². The molecular formula is C10H7FO2. The van der Waals surface area contributed by atoms with E-state index < -0.39 is 0 Å². The molecule has 1 aliphatic rings. The van der Waals surface area contributed by atoms with Gasteiger partial charge in [0.25, 0.3) is 0 Å². The fourth-order valence-electron chi connectivity index (χ4n) is 1.22. The van der Waals surface area contributed by atoms with Gasteiger partial charge in [-0.15, -0.1) is 0 Å². The second kappa shape index (κ2) is 3.01. The maximum atomic E-state index is 12.7. The number of fused-ring (bicyclic) bond motifs is 1. The minimum Gasteiger partial charge on any atom is -0.488 e. The number of halogens is 1. The van der Waals surface area contributed by atoms with Gasteiger partial charge in [0, 0.05) is 17.2 Å². The number of hydrogen-bond donors (Lipinski definition) is 0. The average molecular weight is 178 g/mol. The number of carbonyl (C=O) groups is 1. The zero-order chi connectivity index (χ0) is 9.26. The van der Waals surface area contributed by atoms with Gasteiger partial charge in [0.1, 0.15) is 24.5 Å². The molecule has 1 aliphatic heterocycles. The Bertz CT molecular complexity index is 383. The average Bonchev–Trinajstić information content (AvgIpc) is 2.17. The molecule has 3 heteroatoms. The molecule has 0 bridgehead atoms. The highest BCUT2D eigenvalue weighted by Crippen LogP contribution is 2.26. The largest absolute Gasteiger partial charge is 0.488 e. The maximum absolute atomic E-state index is 12.7. The Hall–Kier alpha value is -1.64. The molecule has 0 saturated carbocycles. The van der Waals surface area contributed by atoms with Gasteiger partial charge in [0.15, 0.2) is 0 Å². The van der Waals surface area contributed by atoms with E-state index in [-0.39, 0.29) is 12.4 Å². The van der Waals surface area contributed by atoms with Crippen molar-refractivity contribution < 1.29 is 13.9 Å². The second-order valence-corrected chi connectivity index (χ2v) is 2.81. The summed E-state index contributed by atoms with van der Waals surface area (Å²) in [5.74, 6) is 0.160. The smallest absolute Gasteiger partial charge is 0.149 e. The van der Waals surface area contributed by atoms with Gasteiger partial charge < -0.3 is 4.74 Å². The lowest BCUT2D eigenvalue weighted by Crippen LogP contribution is -2.08. The summed E-state index contributed by atoms with van der Waals surface area (Å²) < 4.78 is 17.9. The van der Waals surface area contributed by atoms with Gasteiger partial charge in [-0.1, -0.05) is 0 Å². The monoisotopic (exact) mass is 178 g/mol. The number of hydrogen-bond acceptors (Lipinski definition) is 2. The van der Waals surface area contributed by atoms with Gasteiger partial charge in [-0.05, 0) is 18.2 Å². The van der Waals surface area contributed by atoms with Crippen LogP contribution in [0.2, 0.25) is 0 Å². The molecule has 0 amide bonds. The van der Waals surface area contributed by atoms with Crippen molar-refractivity contribution >= 4 is 12.4 Å². The second-order valence-electron chi connectivity index (χ2n) is 2.81. The van der Waals surface area contributed by atoms with Crippen molar-refractivity contribution in [1.82, 2.24) is 0 Å². The predicted molar refractivity (Wildman–Crippen MR) is 45.9 cm³/mol. The molecule has 0 radical (unpaired) electrons. The Labute approximate surface area is 74.6 Å². The van der Waals surface area contributed by atoms with Crippen molar-refractivity contribution in [3.63, 3.8) is 0 Å². The summed E-state index contributed by atoms with van der Waals surface area (Å²) in [5, 5.41) is 0. The molecule has 66 valence electrons. The van der Waals surface area contributed by atoms with E-state index in [9.17, 15) is 9.18 Å². The quantitative estimate of drug-likeness (QED) is 0.613. The molecule has 0 saturated heterocycles. The van der Waals surface area contributed by atoms with E-state index in [0.717, 1.165) is 11.8 Å². The predicted octanol–water partition coefficient (Wildman–Crippen LogP) is 1.80. The van der Waals surface area contributed by atoms with Gasteiger partial charge in [0.2, 0.25) is 0 Å². The highest BCUT2D eigenvalue weighted by Gasteiger charge is 2.10. The summed E-state index contributed by atoms with van der Waals surface area (Å²) in [6.45, 7) is 0.222. The first-order valence-electron chi connectivity index (χ1n) is 3.88. The number of benzene rings is 1. The first-order valence-corrected chi connectivity index (χ1v) is 3.88. The van der Waals surface area contributed by atoms with Gasteiger partial charge in [-0.2, -0.15) is 0 Å². The lowest BCUT2D eigenvalue weighted by molar-refractivity contribution is -0.105. The Kier molecular flexibility index (Phi) is 1.85. The van der Waals surface area contributed by atoms with Crippen LogP contribution in [-0.4, -0.2) is 12.9 Å². The molecule has 0 unspecified atom stereocenters. The summed E-state index contributed by atoms with van der Waals surface area (Å²) in [5.41, 5.74) is 1.31.